The monoisotopic (exact) mass is 633 g/mol. The molecule has 2 saturated heterocycles. The number of aromatic hydroxyl groups is 1. The second kappa shape index (κ2) is 13.3. The Balaban J connectivity index is 1.16. The average Bonchev–Trinajstić information content (AvgIpc) is 3.81. The van der Waals surface area contributed by atoms with Gasteiger partial charge < -0.3 is 14.6 Å². The number of hydrogen-bond acceptors (Lipinski definition) is 6. The predicted octanol–water partition coefficient (Wildman–Crippen LogP) is 8.17. The molecule has 46 heavy (non-hydrogen) atoms. The van der Waals surface area contributed by atoms with E-state index in [1.807, 2.05) is 72.1 Å². The van der Waals surface area contributed by atoms with E-state index in [4.69, 9.17) is 9.47 Å². The largest absolute Gasteiger partial charge is 0.507 e. The molecule has 3 aliphatic rings. The highest BCUT2D eigenvalue weighted by Gasteiger charge is 2.57. The Labute approximate surface area is 274 Å². The lowest BCUT2D eigenvalue weighted by Crippen LogP contribution is -2.35. The fourth-order valence-corrected chi connectivity index (χ4v) is 8.32. The molecular formula is C39H39NO5S. The van der Waals surface area contributed by atoms with Crippen LogP contribution in [-0.4, -0.2) is 41.1 Å². The lowest BCUT2D eigenvalue weighted by atomic mass is 9.69. The van der Waals surface area contributed by atoms with Crippen molar-refractivity contribution in [2.75, 3.05) is 13.2 Å². The number of carbonyl (C=O) groups is 2. The number of thiophene rings is 1. The van der Waals surface area contributed by atoms with Crippen LogP contribution >= 0.6 is 11.3 Å². The first-order valence-corrected chi connectivity index (χ1v) is 17.2. The first kappa shape index (κ1) is 30.5. The number of para-hydroxylation sites is 1. The Morgan fingerprint density at radius 1 is 0.957 bits per heavy atom. The molecule has 0 saturated carbocycles. The van der Waals surface area contributed by atoms with Gasteiger partial charge in [-0.25, -0.2) is 0 Å². The summed E-state index contributed by atoms with van der Waals surface area (Å²) >= 11 is 1.57. The number of rotatable bonds is 11. The van der Waals surface area contributed by atoms with E-state index >= 15 is 0 Å². The highest BCUT2D eigenvalue weighted by molar-refractivity contribution is 7.09. The molecule has 2 amide bonds. The summed E-state index contributed by atoms with van der Waals surface area (Å²) in [5, 5.41) is 14.3. The average molecular weight is 634 g/mol. The third-order valence-corrected chi connectivity index (χ3v) is 10.6. The number of allylic oxidation sites excluding steroid dienone is 1. The van der Waals surface area contributed by atoms with Crippen LogP contribution in [0.25, 0.3) is 16.8 Å². The number of fused-ring (bicyclic) bond motifs is 4. The number of likely N-dealkylation sites (tertiary alicyclic amines) is 1. The van der Waals surface area contributed by atoms with E-state index in [2.05, 4.69) is 19.1 Å². The number of benzene rings is 3. The summed E-state index contributed by atoms with van der Waals surface area (Å²) in [5.41, 5.74) is 4.69. The van der Waals surface area contributed by atoms with Gasteiger partial charge in [0.2, 0.25) is 11.8 Å². The Hall–Kier alpha value is -4.20. The van der Waals surface area contributed by atoms with Crippen LogP contribution < -0.4 is 4.74 Å². The Morgan fingerprint density at radius 3 is 2.54 bits per heavy atom. The predicted molar refractivity (Wildman–Crippen MR) is 181 cm³/mol. The molecule has 0 spiro atoms. The molecule has 4 atom stereocenters. The lowest BCUT2D eigenvalue weighted by molar-refractivity contribution is -0.140. The summed E-state index contributed by atoms with van der Waals surface area (Å²) in [6.45, 7) is 3.35. The third-order valence-electron chi connectivity index (χ3n) is 9.74. The van der Waals surface area contributed by atoms with Crippen molar-refractivity contribution in [2.45, 2.75) is 51.7 Å². The van der Waals surface area contributed by atoms with Crippen molar-refractivity contribution >= 4 is 40.0 Å². The van der Waals surface area contributed by atoms with Crippen molar-refractivity contribution in [1.82, 2.24) is 4.90 Å². The van der Waals surface area contributed by atoms with Crippen LogP contribution in [0.5, 0.6) is 11.5 Å². The van der Waals surface area contributed by atoms with Gasteiger partial charge in [0.05, 0.1) is 31.1 Å². The molecule has 7 heteroatoms. The van der Waals surface area contributed by atoms with Crippen molar-refractivity contribution in [3.63, 3.8) is 0 Å². The Kier molecular flexibility index (Phi) is 8.78. The minimum Gasteiger partial charge on any atom is -0.507 e. The van der Waals surface area contributed by atoms with Gasteiger partial charge in [0.1, 0.15) is 18.1 Å². The Bertz CT molecular complexity index is 1790. The van der Waals surface area contributed by atoms with Crippen molar-refractivity contribution in [2.24, 2.45) is 17.8 Å². The van der Waals surface area contributed by atoms with Crippen molar-refractivity contribution in [1.29, 1.82) is 0 Å². The number of amides is 2. The second-order valence-electron chi connectivity index (χ2n) is 12.6. The van der Waals surface area contributed by atoms with Crippen LogP contribution in [0.15, 0.2) is 101 Å². The van der Waals surface area contributed by atoms with E-state index < -0.39 is 0 Å². The molecule has 1 aromatic heterocycles. The van der Waals surface area contributed by atoms with Crippen LogP contribution in [0.2, 0.25) is 0 Å². The fourth-order valence-electron chi connectivity index (χ4n) is 7.63. The van der Waals surface area contributed by atoms with E-state index in [1.165, 1.54) is 16.0 Å². The smallest absolute Gasteiger partial charge is 0.234 e. The van der Waals surface area contributed by atoms with Crippen LogP contribution in [0.3, 0.4) is 0 Å². The van der Waals surface area contributed by atoms with Gasteiger partial charge in [-0.3, -0.25) is 14.5 Å². The number of hydrogen-bond donors (Lipinski definition) is 1. The SMILES string of the molecule is CCC/C(=C\c1ccc(O)c2ccccc12)CC[C@H]1OC[C@H]2C1=C(COc1ccccc1)C[C@H]1C(=O)N(Cc3cccs3)C(=O)[C@H]12. The van der Waals surface area contributed by atoms with Gasteiger partial charge in [-0.05, 0) is 77.4 Å². The number of phenols is 1. The highest BCUT2D eigenvalue weighted by Crippen LogP contribution is 2.50. The normalized spacial score (nSPS) is 22.9. The summed E-state index contributed by atoms with van der Waals surface area (Å²) < 4.78 is 12.8. The lowest BCUT2D eigenvalue weighted by Gasteiger charge is -2.32. The van der Waals surface area contributed by atoms with Crippen molar-refractivity contribution in [3.05, 3.63) is 111 Å². The number of carbonyl (C=O) groups excluding carboxylic acids is 2. The molecule has 7 rings (SSSR count). The topological polar surface area (TPSA) is 76.1 Å². The van der Waals surface area contributed by atoms with Crippen LogP contribution in [-0.2, 0) is 20.9 Å². The quantitative estimate of drug-likeness (QED) is 0.133. The molecule has 1 aliphatic carbocycles. The molecule has 3 heterocycles. The van der Waals surface area contributed by atoms with Gasteiger partial charge >= 0.3 is 0 Å². The van der Waals surface area contributed by atoms with Crippen LogP contribution in [0.4, 0.5) is 0 Å². The highest BCUT2D eigenvalue weighted by atomic mass is 32.1. The maximum absolute atomic E-state index is 13.9. The first-order valence-electron chi connectivity index (χ1n) is 16.3. The summed E-state index contributed by atoms with van der Waals surface area (Å²) in [6, 6.07) is 25.4. The number of phenolic OH excluding ortho intramolecular Hbond substituents is 1. The molecule has 2 aliphatic heterocycles. The number of imide groups is 1. The van der Waals surface area contributed by atoms with E-state index in [1.54, 1.807) is 17.4 Å². The molecule has 6 nitrogen and oxygen atoms in total. The van der Waals surface area contributed by atoms with Gasteiger partial charge in [0.15, 0.2) is 0 Å². The third kappa shape index (κ3) is 5.90. The van der Waals surface area contributed by atoms with Gasteiger partial charge in [-0.15, -0.1) is 11.3 Å². The summed E-state index contributed by atoms with van der Waals surface area (Å²) in [7, 11) is 0. The molecule has 0 bridgehead atoms. The van der Waals surface area contributed by atoms with Gasteiger partial charge in [0.25, 0.3) is 0 Å². The molecule has 0 unspecified atom stereocenters. The van der Waals surface area contributed by atoms with Gasteiger partial charge in [-0.2, -0.15) is 0 Å². The van der Waals surface area contributed by atoms with E-state index in [-0.39, 0.29) is 41.4 Å². The molecule has 0 radical (unpaired) electrons. The molecule has 4 aromatic rings. The number of ether oxygens (including phenoxy) is 2. The standard InChI is InChI=1S/C39H39NO5S/c1-2-9-25(20-26-16-17-34(41)31-14-7-6-13-30(26)31)15-18-35-36-27(23-44-28-10-4-3-5-11-28)21-32-37(33(36)24-45-35)39(43)40(38(32)42)22-29-12-8-19-46-29/h3-8,10-14,16-17,19-20,32-33,35,37,41H,2,9,15,18,21-24H2,1H3/b25-20+/t32-,33+,35-,37-/m1/s1. The first-order chi connectivity index (χ1) is 22.5. The van der Waals surface area contributed by atoms with E-state index in [9.17, 15) is 14.7 Å². The summed E-state index contributed by atoms with van der Waals surface area (Å²) in [4.78, 5) is 30.1. The Morgan fingerprint density at radius 2 is 1.76 bits per heavy atom. The fraction of sp³-hybridized carbons (Fsp3) is 0.333. The maximum Gasteiger partial charge on any atom is 0.234 e. The van der Waals surface area contributed by atoms with Gasteiger partial charge in [-0.1, -0.05) is 79.6 Å². The zero-order valence-corrected chi connectivity index (χ0v) is 26.9. The minimum atomic E-state index is -0.387. The van der Waals surface area contributed by atoms with Crippen LogP contribution in [0, 0.1) is 17.8 Å². The zero-order valence-electron chi connectivity index (χ0n) is 26.1. The maximum atomic E-state index is 13.9. The minimum absolute atomic E-state index is 0.0658. The summed E-state index contributed by atoms with van der Waals surface area (Å²) in [6.07, 6.45) is 6.28. The molecule has 236 valence electrons. The van der Waals surface area contributed by atoms with E-state index in [0.29, 0.717) is 26.2 Å². The second-order valence-corrected chi connectivity index (χ2v) is 13.6. The molecule has 2 fully saturated rings. The molecular weight excluding hydrogens is 594 g/mol. The summed E-state index contributed by atoms with van der Waals surface area (Å²) in [5.74, 6) is 0.0474. The van der Waals surface area contributed by atoms with Gasteiger partial charge in [0, 0.05) is 16.2 Å². The van der Waals surface area contributed by atoms with Crippen molar-refractivity contribution in [3.8, 4) is 11.5 Å². The molecule has 1 N–H and O–H groups in total. The van der Waals surface area contributed by atoms with E-state index in [0.717, 1.165) is 58.2 Å². The molecule has 3 aromatic carbocycles. The van der Waals surface area contributed by atoms with Crippen molar-refractivity contribution < 1.29 is 24.2 Å². The van der Waals surface area contributed by atoms with Crippen LogP contribution in [0.1, 0.15) is 49.5 Å². The zero-order chi connectivity index (χ0) is 31.6. The number of nitrogens with zero attached hydrogens (tertiary/aromatic N) is 1.